The van der Waals surface area contributed by atoms with E-state index in [2.05, 4.69) is 15.3 Å². The van der Waals surface area contributed by atoms with Crippen LogP contribution < -0.4 is 5.32 Å². The van der Waals surface area contributed by atoms with Gasteiger partial charge < -0.3 is 10.2 Å². The van der Waals surface area contributed by atoms with E-state index >= 15 is 0 Å². The molecule has 0 radical (unpaired) electrons. The van der Waals surface area contributed by atoms with Crippen LogP contribution in [0.25, 0.3) is 0 Å². The predicted octanol–water partition coefficient (Wildman–Crippen LogP) is 2.56. The average molecular weight is 358 g/mol. The van der Waals surface area contributed by atoms with Crippen molar-refractivity contribution >= 4 is 11.8 Å². The van der Waals surface area contributed by atoms with Crippen LogP contribution in [0.3, 0.4) is 0 Å². The van der Waals surface area contributed by atoms with Crippen LogP contribution in [0, 0.1) is 5.82 Å². The summed E-state index contributed by atoms with van der Waals surface area (Å²) in [5.74, 6) is -0.722. The monoisotopic (exact) mass is 358 g/mol. The summed E-state index contributed by atoms with van der Waals surface area (Å²) >= 11 is 0. The van der Waals surface area contributed by atoms with Crippen LogP contribution in [0.15, 0.2) is 42.9 Å². The number of hydrogen-bond acceptors (Lipinski definition) is 4. The summed E-state index contributed by atoms with van der Waals surface area (Å²) in [7, 11) is 0. The van der Waals surface area contributed by atoms with Gasteiger partial charge in [-0.15, -0.1) is 0 Å². The molecule has 1 aromatic heterocycles. The summed E-state index contributed by atoms with van der Waals surface area (Å²) in [5.41, 5.74) is 1.08. The number of nitrogens with one attached hydrogen (secondary N) is 1. The molecular formula is C19H23FN4O2. The van der Waals surface area contributed by atoms with Crippen LogP contribution in [0.5, 0.6) is 0 Å². The van der Waals surface area contributed by atoms with Crippen molar-refractivity contribution in [1.82, 2.24) is 20.2 Å². The lowest BCUT2D eigenvalue weighted by Gasteiger charge is -2.28. The van der Waals surface area contributed by atoms with E-state index in [0.717, 1.165) is 12.0 Å². The van der Waals surface area contributed by atoms with Crippen molar-refractivity contribution in [3.05, 3.63) is 59.9 Å². The summed E-state index contributed by atoms with van der Waals surface area (Å²) in [6, 6.07) is 5.93. The van der Waals surface area contributed by atoms with Gasteiger partial charge in [-0.2, -0.15) is 0 Å². The SMILES string of the molecule is CCC(C)N(CCC(=O)NCc1ccc(F)cc1)C(=O)c1cnccn1. The minimum Gasteiger partial charge on any atom is -0.352 e. The molecule has 1 N–H and O–H groups in total. The lowest BCUT2D eigenvalue weighted by Crippen LogP contribution is -2.41. The third-order valence-corrected chi connectivity index (χ3v) is 4.15. The van der Waals surface area contributed by atoms with Gasteiger partial charge in [0, 0.05) is 37.9 Å². The largest absolute Gasteiger partial charge is 0.352 e. The highest BCUT2D eigenvalue weighted by Gasteiger charge is 2.22. The van der Waals surface area contributed by atoms with Crippen LogP contribution in [-0.4, -0.2) is 39.3 Å². The molecule has 0 bridgehead atoms. The molecular weight excluding hydrogens is 335 g/mol. The Bertz CT molecular complexity index is 722. The number of benzene rings is 1. The molecule has 138 valence electrons. The van der Waals surface area contributed by atoms with Crippen molar-refractivity contribution < 1.29 is 14.0 Å². The number of carbonyl (C=O) groups excluding carboxylic acids is 2. The maximum absolute atomic E-state index is 12.9. The molecule has 1 unspecified atom stereocenters. The number of amides is 2. The number of carbonyl (C=O) groups is 2. The molecule has 0 saturated heterocycles. The van der Waals surface area contributed by atoms with Gasteiger partial charge in [-0.05, 0) is 31.0 Å². The van der Waals surface area contributed by atoms with Gasteiger partial charge in [0.15, 0.2) is 0 Å². The number of aromatic nitrogens is 2. The van der Waals surface area contributed by atoms with E-state index in [1.165, 1.54) is 30.7 Å². The molecule has 2 amide bonds. The Morgan fingerprint density at radius 1 is 1.23 bits per heavy atom. The van der Waals surface area contributed by atoms with E-state index in [-0.39, 0.29) is 35.8 Å². The Morgan fingerprint density at radius 3 is 2.58 bits per heavy atom. The van der Waals surface area contributed by atoms with Crippen molar-refractivity contribution in [2.75, 3.05) is 6.54 Å². The van der Waals surface area contributed by atoms with Crippen LogP contribution in [0.4, 0.5) is 4.39 Å². The second-order valence-electron chi connectivity index (χ2n) is 6.00. The quantitative estimate of drug-likeness (QED) is 0.787. The van der Waals surface area contributed by atoms with Gasteiger partial charge in [-0.1, -0.05) is 19.1 Å². The molecule has 0 aliphatic carbocycles. The summed E-state index contributed by atoms with van der Waals surface area (Å²) in [4.78, 5) is 34.3. The molecule has 1 aromatic carbocycles. The topological polar surface area (TPSA) is 75.2 Å². The fourth-order valence-electron chi connectivity index (χ4n) is 2.41. The zero-order valence-electron chi connectivity index (χ0n) is 15.0. The van der Waals surface area contributed by atoms with Crippen molar-refractivity contribution in [1.29, 1.82) is 0 Å². The molecule has 2 rings (SSSR count). The predicted molar refractivity (Wildman–Crippen MR) is 95.7 cm³/mol. The Hall–Kier alpha value is -2.83. The van der Waals surface area contributed by atoms with Gasteiger partial charge in [0.2, 0.25) is 5.91 Å². The van der Waals surface area contributed by atoms with Gasteiger partial charge in [0.05, 0.1) is 6.20 Å². The van der Waals surface area contributed by atoms with Crippen molar-refractivity contribution in [3.63, 3.8) is 0 Å². The molecule has 26 heavy (non-hydrogen) atoms. The summed E-state index contributed by atoms with van der Waals surface area (Å²) in [6.07, 6.45) is 5.34. The molecule has 6 nitrogen and oxygen atoms in total. The summed E-state index contributed by atoms with van der Waals surface area (Å²) in [6.45, 7) is 4.53. The minimum absolute atomic E-state index is 0.0191. The zero-order chi connectivity index (χ0) is 18.9. The van der Waals surface area contributed by atoms with E-state index in [1.807, 2.05) is 13.8 Å². The lowest BCUT2D eigenvalue weighted by molar-refractivity contribution is -0.121. The highest BCUT2D eigenvalue weighted by Crippen LogP contribution is 2.10. The first-order chi connectivity index (χ1) is 12.5. The maximum atomic E-state index is 12.9. The average Bonchev–Trinajstić information content (AvgIpc) is 2.67. The standard InChI is InChI=1S/C19H23FN4O2/c1-3-14(2)24(19(26)17-13-21-9-10-22-17)11-8-18(25)23-12-15-4-6-16(20)7-5-15/h4-7,9-10,13-14H,3,8,11-12H2,1-2H3,(H,23,25). The van der Waals surface area contributed by atoms with Gasteiger partial charge in [0.1, 0.15) is 11.5 Å². The number of halogens is 1. The Labute approximate surface area is 152 Å². The van der Waals surface area contributed by atoms with Gasteiger partial charge >= 0.3 is 0 Å². The van der Waals surface area contributed by atoms with Gasteiger partial charge in [-0.3, -0.25) is 14.6 Å². The Morgan fingerprint density at radius 2 is 1.96 bits per heavy atom. The zero-order valence-corrected chi connectivity index (χ0v) is 15.0. The Kier molecular flexibility index (Phi) is 7.20. The lowest BCUT2D eigenvalue weighted by atomic mass is 10.2. The van der Waals surface area contributed by atoms with E-state index in [9.17, 15) is 14.0 Å². The Balaban J connectivity index is 1.90. The molecule has 0 aliphatic rings. The van der Waals surface area contributed by atoms with Crippen LogP contribution in [-0.2, 0) is 11.3 Å². The minimum atomic E-state index is -0.313. The van der Waals surface area contributed by atoms with Crippen LogP contribution >= 0.6 is 0 Å². The first-order valence-corrected chi connectivity index (χ1v) is 8.59. The van der Waals surface area contributed by atoms with Crippen LogP contribution in [0.1, 0.15) is 42.7 Å². The fraction of sp³-hybridized carbons (Fsp3) is 0.368. The first kappa shape index (κ1) is 19.5. The van der Waals surface area contributed by atoms with Gasteiger partial charge in [0.25, 0.3) is 5.91 Å². The molecule has 2 aromatic rings. The molecule has 7 heteroatoms. The molecule has 0 saturated carbocycles. The number of rotatable bonds is 8. The van der Waals surface area contributed by atoms with Crippen LogP contribution in [0.2, 0.25) is 0 Å². The molecule has 0 aliphatic heterocycles. The molecule has 1 heterocycles. The third-order valence-electron chi connectivity index (χ3n) is 4.15. The van der Waals surface area contributed by atoms with Crippen molar-refractivity contribution in [2.45, 2.75) is 39.3 Å². The second kappa shape index (κ2) is 9.60. The van der Waals surface area contributed by atoms with Crippen molar-refractivity contribution in [3.8, 4) is 0 Å². The highest BCUT2D eigenvalue weighted by atomic mass is 19.1. The molecule has 0 fully saturated rings. The van der Waals surface area contributed by atoms with E-state index in [0.29, 0.717) is 13.1 Å². The number of hydrogen-bond donors (Lipinski definition) is 1. The summed E-state index contributed by atoms with van der Waals surface area (Å²) in [5, 5.41) is 2.78. The van der Waals surface area contributed by atoms with E-state index in [1.54, 1.807) is 17.0 Å². The maximum Gasteiger partial charge on any atom is 0.274 e. The smallest absolute Gasteiger partial charge is 0.274 e. The second-order valence-corrected chi connectivity index (χ2v) is 6.00. The summed E-state index contributed by atoms with van der Waals surface area (Å²) < 4.78 is 12.9. The normalized spacial score (nSPS) is 11.7. The third kappa shape index (κ3) is 5.61. The number of nitrogens with zero attached hydrogens (tertiary/aromatic N) is 3. The first-order valence-electron chi connectivity index (χ1n) is 8.59. The van der Waals surface area contributed by atoms with Gasteiger partial charge in [-0.25, -0.2) is 9.37 Å². The van der Waals surface area contributed by atoms with E-state index in [4.69, 9.17) is 0 Å². The molecule has 0 spiro atoms. The van der Waals surface area contributed by atoms with Crippen molar-refractivity contribution in [2.24, 2.45) is 0 Å². The molecule has 1 atom stereocenters. The fourth-order valence-corrected chi connectivity index (χ4v) is 2.41. The van der Waals surface area contributed by atoms with E-state index < -0.39 is 0 Å². The highest BCUT2D eigenvalue weighted by molar-refractivity contribution is 5.92.